The molecule has 0 aliphatic heterocycles. The summed E-state index contributed by atoms with van der Waals surface area (Å²) in [6, 6.07) is 0. The highest BCUT2D eigenvalue weighted by atomic mass is 79.9. The summed E-state index contributed by atoms with van der Waals surface area (Å²) in [6.45, 7) is 4.89. The van der Waals surface area contributed by atoms with Crippen LogP contribution in [0.1, 0.15) is 71.6 Å². The fourth-order valence-electron chi connectivity index (χ4n) is 7.04. The molecule has 0 N–H and O–H groups in total. The van der Waals surface area contributed by atoms with Gasteiger partial charge in [-0.15, -0.1) is 0 Å². The number of carbonyl (C=O) groups excluding carboxylic acids is 1. The van der Waals surface area contributed by atoms with Gasteiger partial charge in [-0.05, 0) is 74.0 Å². The van der Waals surface area contributed by atoms with Crippen LogP contribution in [0.2, 0.25) is 0 Å². The molecular weight excluding hydrogens is 324 g/mol. The summed E-state index contributed by atoms with van der Waals surface area (Å²) in [7, 11) is 0. The molecule has 0 amide bonds. The van der Waals surface area contributed by atoms with Gasteiger partial charge in [-0.2, -0.15) is 0 Å². The lowest BCUT2D eigenvalue weighted by Crippen LogP contribution is -2.52. The van der Waals surface area contributed by atoms with E-state index in [0.29, 0.717) is 17.1 Å². The highest BCUT2D eigenvalue weighted by molar-refractivity contribution is 9.10. The van der Waals surface area contributed by atoms with Crippen LogP contribution in [0.4, 0.5) is 0 Å². The summed E-state index contributed by atoms with van der Waals surface area (Å²) in [5.74, 6) is 3.89. The van der Waals surface area contributed by atoms with E-state index in [0.717, 1.165) is 30.6 Å². The maximum absolute atomic E-state index is 12.7. The van der Waals surface area contributed by atoms with Crippen molar-refractivity contribution < 1.29 is 4.79 Å². The zero-order chi connectivity index (χ0) is 14.8. The van der Waals surface area contributed by atoms with Gasteiger partial charge in [-0.25, -0.2) is 0 Å². The lowest BCUT2D eigenvalue weighted by Gasteiger charge is -2.59. The fraction of sp³-hybridized carbons (Fsp3) is 0.947. The monoisotopic (exact) mass is 352 g/mol. The van der Waals surface area contributed by atoms with Crippen molar-refractivity contribution in [3.63, 3.8) is 0 Å². The van der Waals surface area contributed by atoms with Gasteiger partial charge in [-0.1, -0.05) is 42.6 Å². The summed E-state index contributed by atoms with van der Waals surface area (Å²) >= 11 is 3.68. The third-order valence-electron chi connectivity index (χ3n) is 8.28. The first kappa shape index (κ1) is 14.7. The van der Waals surface area contributed by atoms with Crippen LogP contribution >= 0.6 is 15.9 Å². The average molecular weight is 353 g/mol. The minimum atomic E-state index is -0.00675. The van der Waals surface area contributed by atoms with E-state index in [-0.39, 0.29) is 10.2 Å². The minimum Gasteiger partial charge on any atom is -0.298 e. The number of rotatable bonds is 0. The van der Waals surface area contributed by atoms with E-state index in [2.05, 4.69) is 29.8 Å². The molecular formula is C19H29BrO. The fourth-order valence-corrected chi connectivity index (χ4v) is 7.97. The van der Waals surface area contributed by atoms with Gasteiger partial charge in [0.1, 0.15) is 0 Å². The van der Waals surface area contributed by atoms with E-state index in [1.165, 1.54) is 44.9 Å². The van der Waals surface area contributed by atoms with Gasteiger partial charge in [-0.3, -0.25) is 4.79 Å². The molecule has 0 heterocycles. The summed E-state index contributed by atoms with van der Waals surface area (Å²) in [6.07, 6.45) is 12.2. The molecule has 0 aromatic heterocycles. The largest absolute Gasteiger partial charge is 0.298 e. The smallest absolute Gasteiger partial charge is 0.152 e. The number of ketones is 1. The van der Waals surface area contributed by atoms with E-state index >= 15 is 0 Å². The molecule has 4 fully saturated rings. The number of carbonyl (C=O) groups is 1. The molecule has 0 bridgehead atoms. The lowest BCUT2D eigenvalue weighted by atomic mass is 9.45. The standard InChI is InChI=1S/C19H29BrO/c1-18-9-4-3-5-12(18)6-7-13-14(18)8-10-19(2)15(13)11-16(20)17(19)21/h12-16H,3-11H2,1-2H3/t12-,13-,14+,15+,16?,18+,19+/m1/s1. The van der Waals surface area contributed by atoms with Gasteiger partial charge >= 0.3 is 0 Å². The molecule has 0 aromatic carbocycles. The van der Waals surface area contributed by atoms with Crippen LogP contribution in [0, 0.1) is 34.5 Å². The Bertz CT molecular complexity index is 460. The van der Waals surface area contributed by atoms with Gasteiger partial charge < -0.3 is 0 Å². The van der Waals surface area contributed by atoms with Crippen molar-refractivity contribution in [3.8, 4) is 0 Å². The Morgan fingerprint density at radius 1 is 1.00 bits per heavy atom. The molecule has 4 saturated carbocycles. The van der Waals surface area contributed by atoms with Gasteiger partial charge in [0.05, 0.1) is 4.83 Å². The summed E-state index contributed by atoms with van der Waals surface area (Å²) in [5, 5.41) is 0. The van der Waals surface area contributed by atoms with Crippen LogP contribution in [-0.2, 0) is 4.79 Å². The van der Waals surface area contributed by atoms with E-state index < -0.39 is 0 Å². The molecule has 0 spiro atoms. The molecule has 118 valence electrons. The highest BCUT2D eigenvalue weighted by Gasteiger charge is 2.61. The highest BCUT2D eigenvalue weighted by Crippen LogP contribution is 2.65. The number of alkyl halides is 1. The number of fused-ring (bicyclic) bond motifs is 5. The van der Waals surface area contributed by atoms with Crippen LogP contribution in [-0.4, -0.2) is 10.6 Å². The first-order valence-electron chi connectivity index (χ1n) is 9.15. The van der Waals surface area contributed by atoms with Crippen molar-refractivity contribution in [2.75, 3.05) is 0 Å². The molecule has 4 aliphatic rings. The maximum atomic E-state index is 12.7. The zero-order valence-electron chi connectivity index (χ0n) is 13.5. The van der Waals surface area contributed by atoms with Crippen LogP contribution in [0.5, 0.6) is 0 Å². The molecule has 0 radical (unpaired) electrons. The normalized spacial score (nSPS) is 56.5. The Labute approximate surface area is 137 Å². The Morgan fingerprint density at radius 3 is 2.62 bits per heavy atom. The van der Waals surface area contributed by atoms with Crippen molar-refractivity contribution in [1.29, 1.82) is 0 Å². The van der Waals surface area contributed by atoms with Gasteiger partial charge in [0.25, 0.3) is 0 Å². The number of hydrogen-bond donors (Lipinski definition) is 0. The second-order valence-corrected chi connectivity index (χ2v) is 10.0. The first-order valence-corrected chi connectivity index (χ1v) is 10.1. The topological polar surface area (TPSA) is 17.1 Å². The van der Waals surface area contributed by atoms with Crippen molar-refractivity contribution in [2.45, 2.75) is 76.5 Å². The number of hydrogen-bond acceptors (Lipinski definition) is 1. The van der Waals surface area contributed by atoms with Crippen molar-refractivity contribution in [1.82, 2.24) is 0 Å². The molecule has 1 nitrogen and oxygen atoms in total. The number of halogens is 1. The third kappa shape index (κ3) is 1.90. The second-order valence-electron chi connectivity index (χ2n) is 8.93. The van der Waals surface area contributed by atoms with Gasteiger partial charge in [0, 0.05) is 5.41 Å². The summed E-state index contributed by atoms with van der Waals surface area (Å²) < 4.78 is 0. The second kappa shape index (κ2) is 4.82. The van der Waals surface area contributed by atoms with Crippen molar-refractivity contribution in [2.24, 2.45) is 34.5 Å². The van der Waals surface area contributed by atoms with E-state index in [4.69, 9.17) is 0 Å². The molecule has 0 saturated heterocycles. The Kier molecular flexibility index (Phi) is 3.38. The average Bonchev–Trinajstić information content (AvgIpc) is 2.70. The summed E-state index contributed by atoms with van der Waals surface area (Å²) in [5.41, 5.74) is 0.586. The predicted octanol–water partition coefficient (Wildman–Crippen LogP) is 5.36. The van der Waals surface area contributed by atoms with Crippen LogP contribution in [0.15, 0.2) is 0 Å². The quantitative estimate of drug-likeness (QED) is 0.536. The molecule has 0 aromatic rings. The van der Waals surface area contributed by atoms with Crippen molar-refractivity contribution in [3.05, 3.63) is 0 Å². The Balaban J connectivity index is 1.67. The maximum Gasteiger partial charge on any atom is 0.152 e. The third-order valence-corrected chi connectivity index (χ3v) is 9.07. The van der Waals surface area contributed by atoms with Gasteiger partial charge in [0.15, 0.2) is 5.78 Å². The SMILES string of the molecule is C[C@]12CCCC[C@@H]1CC[C@@H]1[C@@H]2CC[C@]2(C)C(=O)C(Br)C[C@@H]12. The van der Waals surface area contributed by atoms with E-state index in [1.807, 2.05) is 0 Å². The van der Waals surface area contributed by atoms with E-state index in [1.54, 1.807) is 0 Å². The minimum absolute atomic E-state index is 0.00675. The van der Waals surface area contributed by atoms with Crippen LogP contribution < -0.4 is 0 Å². The molecule has 4 rings (SSSR count). The number of Topliss-reactive ketones (excluding diaryl/α,β-unsaturated/α-hetero) is 1. The van der Waals surface area contributed by atoms with E-state index in [9.17, 15) is 4.79 Å². The Morgan fingerprint density at radius 2 is 1.81 bits per heavy atom. The van der Waals surface area contributed by atoms with Gasteiger partial charge in [0.2, 0.25) is 0 Å². The Hall–Kier alpha value is 0.150. The molecule has 21 heavy (non-hydrogen) atoms. The zero-order valence-corrected chi connectivity index (χ0v) is 15.1. The van der Waals surface area contributed by atoms with Crippen LogP contribution in [0.3, 0.4) is 0 Å². The molecule has 7 atom stereocenters. The molecule has 4 aliphatic carbocycles. The van der Waals surface area contributed by atoms with Crippen molar-refractivity contribution >= 4 is 21.7 Å². The summed E-state index contributed by atoms with van der Waals surface area (Å²) in [4.78, 5) is 12.8. The lowest BCUT2D eigenvalue weighted by molar-refractivity contribution is -0.138. The van der Waals surface area contributed by atoms with Crippen LogP contribution in [0.25, 0.3) is 0 Å². The molecule has 2 heteroatoms. The predicted molar refractivity (Wildman–Crippen MR) is 89.4 cm³/mol. The first-order chi connectivity index (χ1) is 9.97. The molecule has 1 unspecified atom stereocenters.